The highest BCUT2D eigenvalue weighted by Gasteiger charge is 2.28. The lowest BCUT2D eigenvalue weighted by molar-refractivity contribution is -0.123. The van der Waals surface area contributed by atoms with Crippen LogP contribution in [0.4, 0.5) is 14.9 Å². The number of carbonyl (C=O) groups excluding carboxylic acids is 2. The molecule has 2 N–H and O–H groups in total. The first-order valence-corrected chi connectivity index (χ1v) is 10.1. The average Bonchev–Trinajstić information content (AvgIpc) is 2.71. The number of hydrogen-bond acceptors (Lipinski definition) is 3. The maximum atomic E-state index is 13.0. The van der Waals surface area contributed by atoms with E-state index in [2.05, 4.69) is 10.6 Å². The first kappa shape index (κ1) is 20.8. The van der Waals surface area contributed by atoms with E-state index in [0.29, 0.717) is 12.1 Å². The Morgan fingerprint density at radius 3 is 2.52 bits per heavy atom. The van der Waals surface area contributed by atoms with Gasteiger partial charge in [0.2, 0.25) is 5.91 Å². The minimum atomic E-state index is -0.565. The molecule has 1 fully saturated rings. The van der Waals surface area contributed by atoms with Crippen molar-refractivity contribution in [2.45, 2.75) is 57.1 Å². The van der Waals surface area contributed by atoms with Gasteiger partial charge in [-0.05, 0) is 55.5 Å². The zero-order valence-electron chi connectivity index (χ0n) is 16.6. The first-order valence-electron chi connectivity index (χ1n) is 10.1. The van der Waals surface area contributed by atoms with Gasteiger partial charge in [-0.15, -0.1) is 0 Å². The summed E-state index contributed by atoms with van der Waals surface area (Å²) < 4.78 is 18.5. The summed E-state index contributed by atoms with van der Waals surface area (Å²) in [4.78, 5) is 24.9. The van der Waals surface area contributed by atoms with Crippen molar-refractivity contribution in [2.75, 3.05) is 5.32 Å². The van der Waals surface area contributed by atoms with Gasteiger partial charge >= 0.3 is 6.09 Å². The predicted octanol–water partition coefficient (Wildman–Crippen LogP) is 5.00. The van der Waals surface area contributed by atoms with Crippen LogP contribution in [-0.4, -0.2) is 24.1 Å². The third-order valence-corrected chi connectivity index (χ3v) is 5.26. The van der Waals surface area contributed by atoms with Crippen LogP contribution in [0.25, 0.3) is 0 Å². The van der Waals surface area contributed by atoms with Crippen molar-refractivity contribution in [3.63, 3.8) is 0 Å². The fraction of sp³-hybridized carbons (Fsp3) is 0.391. The Morgan fingerprint density at radius 2 is 1.83 bits per heavy atom. The van der Waals surface area contributed by atoms with E-state index in [1.54, 1.807) is 0 Å². The second-order valence-electron chi connectivity index (χ2n) is 7.40. The SMILES string of the molecule is CC[C@@H](C(=O)N[C@H]1CCC[C@H](OC(=O)Nc2ccc(F)cc2)C1)c1ccccc1. The fourth-order valence-corrected chi connectivity index (χ4v) is 3.77. The highest BCUT2D eigenvalue weighted by atomic mass is 19.1. The highest BCUT2D eigenvalue weighted by Crippen LogP contribution is 2.24. The predicted molar refractivity (Wildman–Crippen MR) is 110 cm³/mol. The molecular weight excluding hydrogens is 371 g/mol. The number of carbonyl (C=O) groups is 2. The molecule has 1 aliphatic rings. The van der Waals surface area contributed by atoms with Gasteiger partial charge in [0.15, 0.2) is 0 Å². The standard InChI is InChI=1S/C23H27FN2O3/c1-2-21(16-7-4-3-5-8-16)22(27)25-19-9-6-10-20(15-19)29-23(28)26-18-13-11-17(24)12-14-18/h3-5,7-8,11-14,19-21H,2,6,9-10,15H2,1H3,(H,25,27)(H,26,28)/t19-,20-,21+/m0/s1. The Balaban J connectivity index is 1.51. The molecule has 2 amide bonds. The fourth-order valence-electron chi connectivity index (χ4n) is 3.77. The zero-order chi connectivity index (χ0) is 20.6. The van der Waals surface area contributed by atoms with E-state index in [1.165, 1.54) is 24.3 Å². The molecule has 2 aromatic rings. The summed E-state index contributed by atoms with van der Waals surface area (Å²) >= 11 is 0. The van der Waals surface area contributed by atoms with Crippen LogP contribution < -0.4 is 10.6 Å². The van der Waals surface area contributed by atoms with Gasteiger partial charge in [0, 0.05) is 18.2 Å². The Bertz CT molecular complexity index is 811. The number of amides is 2. The number of halogens is 1. The molecule has 0 bridgehead atoms. The molecule has 0 unspecified atom stereocenters. The third-order valence-electron chi connectivity index (χ3n) is 5.26. The Labute approximate surface area is 170 Å². The average molecular weight is 398 g/mol. The Hall–Kier alpha value is -2.89. The third kappa shape index (κ3) is 6.04. The van der Waals surface area contributed by atoms with Crippen LogP contribution in [0.1, 0.15) is 50.5 Å². The zero-order valence-corrected chi connectivity index (χ0v) is 16.6. The van der Waals surface area contributed by atoms with E-state index in [-0.39, 0.29) is 29.8 Å². The molecule has 1 aliphatic carbocycles. The molecule has 2 aromatic carbocycles. The van der Waals surface area contributed by atoms with Gasteiger partial charge in [-0.3, -0.25) is 10.1 Å². The lowest BCUT2D eigenvalue weighted by Crippen LogP contribution is -2.43. The van der Waals surface area contributed by atoms with Gasteiger partial charge in [0.05, 0.1) is 5.92 Å². The number of nitrogens with one attached hydrogen (secondary N) is 2. The molecule has 0 spiro atoms. The van der Waals surface area contributed by atoms with Gasteiger partial charge in [-0.2, -0.15) is 0 Å². The van der Waals surface area contributed by atoms with Crippen molar-refractivity contribution < 1.29 is 18.7 Å². The van der Waals surface area contributed by atoms with E-state index in [0.717, 1.165) is 31.2 Å². The molecule has 6 heteroatoms. The normalized spacial score (nSPS) is 19.8. The van der Waals surface area contributed by atoms with Gasteiger partial charge in [-0.1, -0.05) is 37.3 Å². The van der Waals surface area contributed by atoms with Crippen LogP contribution in [-0.2, 0) is 9.53 Å². The Morgan fingerprint density at radius 1 is 1.10 bits per heavy atom. The van der Waals surface area contributed by atoms with Crippen LogP contribution in [0.5, 0.6) is 0 Å². The molecule has 0 radical (unpaired) electrons. The molecule has 0 aliphatic heterocycles. The summed E-state index contributed by atoms with van der Waals surface area (Å²) in [5.41, 5.74) is 1.49. The van der Waals surface area contributed by atoms with Crippen LogP contribution in [0, 0.1) is 5.82 Å². The molecule has 1 saturated carbocycles. The number of anilines is 1. The molecule has 154 valence electrons. The van der Waals surface area contributed by atoms with Crippen molar-refractivity contribution in [1.82, 2.24) is 5.32 Å². The summed E-state index contributed by atoms with van der Waals surface area (Å²) in [5.74, 6) is -0.532. The summed E-state index contributed by atoms with van der Waals surface area (Å²) in [5, 5.41) is 5.74. The maximum absolute atomic E-state index is 13.0. The molecule has 3 rings (SSSR count). The van der Waals surface area contributed by atoms with E-state index in [4.69, 9.17) is 4.74 Å². The summed E-state index contributed by atoms with van der Waals surface area (Å²) in [7, 11) is 0. The number of rotatable bonds is 6. The monoisotopic (exact) mass is 398 g/mol. The number of hydrogen-bond donors (Lipinski definition) is 2. The minimum Gasteiger partial charge on any atom is -0.446 e. The van der Waals surface area contributed by atoms with Gasteiger partial charge in [0.25, 0.3) is 0 Å². The molecular formula is C23H27FN2O3. The molecule has 5 nitrogen and oxygen atoms in total. The summed E-state index contributed by atoms with van der Waals surface area (Å²) in [6.07, 6.45) is 3.00. The van der Waals surface area contributed by atoms with Crippen molar-refractivity contribution in [2.24, 2.45) is 0 Å². The first-order chi connectivity index (χ1) is 14.0. The topological polar surface area (TPSA) is 67.4 Å². The van der Waals surface area contributed by atoms with Gasteiger partial charge < -0.3 is 10.1 Å². The van der Waals surface area contributed by atoms with E-state index < -0.39 is 6.09 Å². The molecule has 29 heavy (non-hydrogen) atoms. The Kier molecular flexibility index (Phi) is 7.22. The van der Waals surface area contributed by atoms with Gasteiger partial charge in [-0.25, -0.2) is 9.18 Å². The van der Waals surface area contributed by atoms with Crippen molar-refractivity contribution >= 4 is 17.7 Å². The van der Waals surface area contributed by atoms with Crippen LogP contribution in [0.3, 0.4) is 0 Å². The quantitative estimate of drug-likeness (QED) is 0.720. The second kappa shape index (κ2) is 10.0. The van der Waals surface area contributed by atoms with Crippen molar-refractivity contribution in [1.29, 1.82) is 0 Å². The number of benzene rings is 2. The molecule has 0 aromatic heterocycles. The van der Waals surface area contributed by atoms with E-state index in [1.807, 2.05) is 37.3 Å². The van der Waals surface area contributed by atoms with Crippen LogP contribution in [0.2, 0.25) is 0 Å². The van der Waals surface area contributed by atoms with Crippen molar-refractivity contribution in [3.8, 4) is 0 Å². The smallest absolute Gasteiger partial charge is 0.411 e. The highest BCUT2D eigenvalue weighted by molar-refractivity contribution is 5.85. The maximum Gasteiger partial charge on any atom is 0.411 e. The van der Waals surface area contributed by atoms with Gasteiger partial charge in [0.1, 0.15) is 11.9 Å². The summed E-state index contributed by atoms with van der Waals surface area (Å²) in [6.45, 7) is 2.00. The number of ether oxygens (including phenoxy) is 1. The van der Waals surface area contributed by atoms with Crippen molar-refractivity contribution in [3.05, 3.63) is 66.0 Å². The minimum absolute atomic E-state index is 0.0140. The molecule has 0 saturated heterocycles. The van der Waals surface area contributed by atoms with E-state index in [9.17, 15) is 14.0 Å². The molecule has 0 heterocycles. The van der Waals surface area contributed by atoms with Crippen LogP contribution in [0.15, 0.2) is 54.6 Å². The van der Waals surface area contributed by atoms with E-state index >= 15 is 0 Å². The lowest BCUT2D eigenvalue weighted by Gasteiger charge is -2.30. The largest absolute Gasteiger partial charge is 0.446 e. The molecule has 3 atom stereocenters. The summed E-state index contributed by atoms with van der Waals surface area (Å²) in [6, 6.07) is 15.3. The van der Waals surface area contributed by atoms with Crippen LogP contribution >= 0.6 is 0 Å². The lowest BCUT2D eigenvalue weighted by atomic mass is 9.91. The second-order valence-corrected chi connectivity index (χ2v) is 7.40.